The number of hydrogen-bond donors (Lipinski definition) is 0. The molecule has 2 aromatic carbocycles. The summed E-state index contributed by atoms with van der Waals surface area (Å²) in [6, 6.07) is 18.3. The van der Waals surface area contributed by atoms with Crippen molar-refractivity contribution >= 4 is 0 Å². The van der Waals surface area contributed by atoms with E-state index in [1.807, 2.05) is 7.11 Å². The highest BCUT2D eigenvalue weighted by molar-refractivity contribution is 5.64. The van der Waals surface area contributed by atoms with Gasteiger partial charge in [0.2, 0.25) is 0 Å². The molecule has 1 heteroatoms. The van der Waals surface area contributed by atoms with Gasteiger partial charge in [0, 0.05) is 13.7 Å². The van der Waals surface area contributed by atoms with Crippen molar-refractivity contribution in [3.05, 3.63) is 59.7 Å². The van der Waals surface area contributed by atoms with Crippen LogP contribution in [0.25, 0.3) is 11.1 Å². The number of benzene rings is 2. The Hall–Kier alpha value is -1.60. The molecule has 128 valence electrons. The van der Waals surface area contributed by atoms with E-state index in [2.05, 4.69) is 55.5 Å². The van der Waals surface area contributed by atoms with Crippen molar-refractivity contribution in [3.8, 4) is 11.1 Å². The number of ether oxygens (including phenoxy) is 1. The van der Waals surface area contributed by atoms with Crippen LogP contribution in [0.1, 0.15) is 56.1 Å². The second kappa shape index (κ2) is 8.48. The third-order valence-corrected chi connectivity index (χ3v) is 5.46. The summed E-state index contributed by atoms with van der Waals surface area (Å²) >= 11 is 0. The quantitative estimate of drug-likeness (QED) is 0.613. The van der Waals surface area contributed by atoms with E-state index in [-0.39, 0.29) is 0 Å². The molecule has 24 heavy (non-hydrogen) atoms. The molecule has 0 unspecified atom stereocenters. The molecular formula is C23H30O. The monoisotopic (exact) mass is 322 g/mol. The van der Waals surface area contributed by atoms with Crippen molar-refractivity contribution in [2.24, 2.45) is 5.92 Å². The Bertz CT molecular complexity index is 603. The minimum Gasteiger partial charge on any atom is -0.384 e. The summed E-state index contributed by atoms with van der Waals surface area (Å²) in [6.45, 7) is 3.16. The normalized spacial score (nSPS) is 20.9. The fourth-order valence-corrected chi connectivity index (χ4v) is 4.00. The van der Waals surface area contributed by atoms with Gasteiger partial charge in [-0.25, -0.2) is 0 Å². The van der Waals surface area contributed by atoms with E-state index in [9.17, 15) is 0 Å². The SMILES string of the molecule is CCCc1ccc(-c2ccc([C@H]3CC[C@H](COC)CC3)cc2)cc1. The van der Waals surface area contributed by atoms with Gasteiger partial charge in [-0.15, -0.1) is 0 Å². The molecule has 1 aliphatic rings. The molecule has 0 bridgehead atoms. The van der Waals surface area contributed by atoms with E-state index < -0.39 is 0 Å². The summed E-state index contributed by atoms with van der Waals surface area (Å²) in [5, 5.41) is 0. The van der Waals surface area contributed by atoms with E-state index >= 15 is 0 Å². The zero-order valence-electron chi connectivity index (χ0n) is 15.1. The van der Waals surface area contributed by atoms with Crippen molar-refractivity contribution in [2.45, 2.75) is 51.4 Å². The van der Waals surface area contributed by atoms with Gasteiger partial charge in [-0.3, -0.25) is 0 Å². The van der Waals surface area contributed by atoms with Crippen molar-refractivity contribution in [1.82, 2.24) is 0 Å². The molecule has 0 spiro atoms. The van der Waals surface area contributed by atoms with Gasteiger partial charge in [-0.2, -0.15) is 0 Å². The molecule has 3 rings (SSSR count). The van der Waals surface area contributed by atoms with Gasteiger partial charge in [-0.1, -0.05) is 61.9 Å². The summed E-state index contributed by atoms with van der Waals surface area (Å²) in [6.07, 6.45) is 7.60. The van der Waals surface area contributed by atoms with Crippen LogP contribution in [0.15, 0.2) is 48.5 Å². The lowest BCUT2D eigenvalue weighted by molar-refractivity contribution is 0.127. The molecule has 0 amide bonds. The van der Waals surface area contributed by atoms with Gasteiger partial charge in [0.25, 0.3) is 0 Å². The Morgan fingerprint density at radius 2 is 1.42 bits per heavy atom. The van der Waals surface area contributed by atoms with Gasteiger partial charge in [0.1, 0.15) is 0 Å². The fourth-order valence-electron chi connectivity index (χ4n) is 4.00. The standard InChI is InChI=1S/C23H30O/c1-3-4-18-5-9-20(10-6-18)22-13-15-23(16-14-22)21-11-7-19(8-12-21)17-24-2/h5-6,9-10,13-16,19,21H,3-4,7-8,11-12,17H2,1-2H3/t19-,21-. The average Bonchev–Trinajstić information content (AvgIpc) is 2.64. The van der Waals surface area contributed by atoms with Crippen LogP contribution in [0.5, 0.6) is 0 Å². The van der Waals surface area contributed by atoms with E-state index in [0.717, 1.165) is 18.4 Å². The lowest BCUT2D eigenvalue weighted by Crippen LogP contribution is -2.17. The molecule has 0 N–H and O–H groups in total. The molecule has 1 nitrogen and oxygen atoms in total. The second-order valence-electron chi connectivity index (χ2n) is 7.24. The minimum atomic E-state index is 0.735. The molecule has 1 aliphatic carbocycles. The van der Waals surface area contributed by atoms with Crippen LogP contribution >= 0.6 is 0 Å². The maximum atomic E-state index is 5.31. The molecule has 2 aromatic rings. The van der Waals surface area contributed by atoms with Gasteiger partial charge in [0.15, 0.2) is 0 Å². The third-order valence-electron chi connectivity index (χ3n) is 5.46. The zero-order chi connectivity index (χ0) is 16.8. The number of hydrogen-bond acceptors (Lipinski definition) is 1. The van der Waals surface area contributed by atoms with Crippen LogP contribution in [-0.2, 0) is 11.2 Å². The first-order valence-electron chi connectivity index (χ1n) is 9.48. The minimum absolute atomic E-state index is 0.735. The van der Waals surface area contributed by atoms with Crippen LogP contribution in [0, 0.1) is 5.92 Å². The Balaban J connectivity index is 1.63. The lowest BCUT2D eigenvalue weighted by Gasteiger charge is -2.28. The van der Waals surface area contributed by atoms with E-state index in [1.54, 1.807) is 0 Å². The van der Waals surface area contributed by atoms with Gasteiger partial charge in [0.05, 0.1) is 0 Å². The second-order valence-corrected chi connectivity index (χ2v) is 7.24. The smallest absolute Gasteiger partial charge is 0.0490 e. The van der Waals surface area contributed by atoms with Crippen molar-refractivity contribution in [2.75, 3.05) is 13.7 Å². The summed E-state index contributed by atoms with van der Waals surface area (Å²) < 4.78 is 5.31. The van der Waals surface area contributed by atoms with Gasteiger partial charge >= 0.3 is 0 Å². The van der Waals surface area contributed by atoms with Crippen molar-refractivity contribution in [1.29, 1.82) is 0 Å². The highest BCUT2D eigenvalue weighted by Crippen LogP contribution is 2.36. The number of aryl methyl sites for hydroxylation is 1. The molecule has 1 saturated carbocycles. The summed E-state index contributed by atoms with van der Waals surface area (Å²) in [4.78, 5) is 0. The molecule has 0 aromatic heterocycles. The lowest BCUT2D eigenvalue weighted by atomic mass is 9.79. The molecule has 1 fully saturated rings. The highest BCUT2D eigenvalue weighted by Gasteiger charge is 2.22. The first kappa shape index (κ1) is 17.2. The fraction of sp³-hybridized carbons (Fsp3) is 0.478. The van der Waals surface area contributed by atoms with Gasteiger partial charge < -0.3 is 4.74 Å². The molecule has 0 aliphatic heterocycles. The predicted octanol–water partition coefficient (Wildman–Crippen LogP) is 6.23. The molecule has 0 heterocycles. The topological polar surface area (TPSA) is 9.23 Å². The van der Waals surface area contributed by atoms with Crippen LogP contribution in [0.3, 0.4) is 0 Å². The Labute approximate surface area is 147 Å². The van der Waals surface area contributed by atoms with Crippen LogP contribution < -0.4 is 0 Å². The maximum Gasteiger partial charge on any atom is 0.0490 e. The van der Waals surface area contributed by atoms with Crippen LogP contribution in [0.2, 0.25) is 0 Å². The van der Waals surface area contributed by atoms with Crippen molar-refractivity contribution < 1.29 is 4.74 Å². The Kier molecular flexibility index (Phi) is 6.09. The summed E-state index contributed by atoms with van der Waals surface area (Å²) in [5.41, 5.74) is 5.60. The van der Waals surface area contributed by atoms with E-state index in [4.69, 9.17) is 4.74 Å². The van der Waals surface area contributed by atoms with E-state index in [1.165, 1.54) is 60.8 Å². The molecular weight excluding hydrogens is 292 g/mol. The largest absolute Gasteiger partial charge is 0.384 e. The van der Waals surface area contributed by atoms with Crippen LogP contribution in [0.4, 0.5) is 0 Å². The zero-order valence-corrected chi connectivity index (χ0v) is 15.1. The number of rotatable bonds is 6. The van der Waals surface area contributed by atoms with Crippen molar-refractivity contribution in [3.63, 3.8) is 0 Å². The third kappa shape index (κ3) is 4.27. The Morgan fingerprint density at radius 3 is 1.96 bits per heavy atom. The van der Waals surface area contributed by atoms with E-state index in [0.29, 0.717) is 0 Å². The Morgan fingerprint density at radius 1 is 0.833 bits per heavy atom. The number of methoxy groups -OCH3 is 1. The predicted molar refractivity (Wildman–Crippen MR) is 102 cm³/mol. The first-order valence-corrected chi connectivity index (χ1v) is 9.48. The van der Waals surface area contributed by atoms with Crippen LogP contribution in [-0.4, -0.2) is 13.7 Å². The summed E-state index contributed by atoms with van der Waals surface area (Å²) in [5.74, 6) is 1.51. The first-order chi connectivity index (χ1) is 11.8. The van der Waals surface area contributed by atoms with Gasteiger partial charge in [-0.05, 0) is 66.2 Å². The molecule has 0 atom stereocenters. The molecule has 0 radical (unpaired) electrons. The average molecular weight is 322 g/mol. The maximum absolute atomic E-state index is 5.31. The molecule has 0 saturated heterocycles. The highest BCUT2D eigenvalue weighted by atomic mass is 16.5. The summed E-state index contributed by atoms with van der Waals surface area (Å²) in [7, 11) is 1.82.